The standard InChI is InChI=1S/C20H27ClN2O2/c21-18-12-16(7-8-19(18)25-17-3-1-2-4-17)23-20(24)11-13-9-14-5-6-15(10-13)22-14/h7-8,12-15,17,22H,1-6,9-11H2,(H,23,24). The summed E-state index contributed by atoms with van der Waals surface area (Å²) in [4.78, 5) is 12.4. The number of ether oxygens (including phenoxy) is 1. The number of anilines is 1. The average Bonchev–Trinajstić information content (AvgIpc) is 3.19. The van der Waals surface area contributed by atoms with E-state index in [9.17, 15) is 4.79 Å². The summed E-state index contributed by atoms with van der Waals surface area (Å²) in [5.41, 5.74) is 0.755. The lowest BCUT2D eigenvalue weighted by Gasteiger charge is -2.28. The molecule has 2 unspecified atom stereocenters. The molecular formula is C20H27ClN2O2. The molecule has 2 saturated heterocycles. The maximum Gasteiger partial charge on any atom is 0.224 e. The molecule has 0 radical (unpaired) electrons. The third kappa shape index (κ3) is 4.29. The number of nitrogens with one attached hydrogen (secondary N) is 2. The van der Waals surface area contributed by atoms with Crippen molar-refractivity contribution in [3.8, 4) is 5.75 Å². The van der Waals surface area contributed by atoms with Gasteiger partial charge in [-0.3, -0.25) is 4.79 Å². The normalized spacial score (nSPS) is 28.9. The van der Waals surface area contributed by atoms with E-state index < -0.39 is 0 Å². The van der Waals surface area contributed by atoms with Crippen LogP contribution in [0.25, 0.3) is 0 Å². The molecule has 0 aromatic heterocycles. The summed E-state index contributed by atoms with van der Waals surface area (Å²) < 4.78 is 5.97. The molecule has 1 amide bonds. The summed E-state index contributed by atoms with van der Waals surface area (Å²) in [6, 6.07) is 6.81. The van der Waals surface area contributed by atoms with Crippen LogP contribution in [0, 0.1) is 5.92 Å². The van der Waals surface area contributed by atoms with Crippen LogP contribution in [0.15, 0.2) is 18.2 Å². The molecule has 5 heteroatoms. The molecule has 1 saturated carbocycles. The molecule has 2 atom stereocenters. The van der Waals surface area contributed by atoms with Crippen LogP contribution >= 0.6 is 11.6 Å². The first-order valence-corrected chi connectivity index (χ1v) is 10.1. The first-order valence-electron chi connectivity index (χ1n) is 9.68. The molecule has 136 valence electrons. The molecule has 1 aromatic rings. The molecule has 4 nitrogen and oxygen atoms in total. The lowest BCUT2D eigenvalue weighted by Crippen LogP contribution is -2.39. The van der Waals surface area contributed by atoms with Crippen LogP contribution in [0.4, 0.5) is 5.69 Å². The third-order valence-corrected chi connectivity index (χ3v) is 6.15. The molecule has 25 heavy (non-hydrogen) atoms. The fraction of sp³-hybridized carbons (Fsp3) is 0.650. The van der Waals surface area contributed by atoms with E-state index in [1.54, 1.807) is 6.07 Å². The zero-order valence-corrected chi connectivity index (χ0v) is 15.4. The van der Waals surface area contributed by atoms with Gasteiger partial charge in [-0.15, -0.1) is 0 Å². The van der Waals surface area contributed by atoms with Gasteiger partial charge in [0.2, 0.25) is 5.91 Å². The molecule has 0 spiro atoms. The lowest BCUT2D eigenvalue weighted by atomic mass is 9.89. The van der Waals surface area contributed by atoms with Gasteiger partial charge in [0.15, 0.2) is 0 Å². The molecule has 1 aliphatic carbocycles. The van der Waals surface area contributed by atoms with Crippen LogP contribution in [0.3, 0.4) is 0 Å². The van der Waals surface area contributed by atoms with Crippen molar-refractivity contribution in [3.05, 3.63) is 23.2 Å². The average molecular weight is 363 g/mol. The Morgan fingerprint density at radius 2 is 1.88 bits per heavy atom. The number of hydrogen-bond acceptors (Lipinski definition) is 3. The number of fused-ring (bicyclic) bond motifs is 2. The number of rotatable bonds is 5. The summed E-state index contributed by atoms with van der Waals surface area (Å²) in [7, 11) is 0. The van der Waals surface area contributed by atoms with Crippen LogP contribution in [0.2, 0.25) is 5.02 Å². The molecule has 3 fully saturated rings. The number of carbonyl (C=O) groups excluding carboxylic acids is 1. The highest BCUT2D eigenvalue weighted by Crippen LogP contribution is 2.34. The smallest absolute Gasteiger partial charge is 0.224 e. The van der Waals surface area contributed by atoms with Crippen molar-refractivity contribution in [1.29, 1.82) is 0 Å². The Morgan fingerprint density at radius 3 is 2.56 bits per heavy atom. The summed E-state index contributed by atoms with van der Waals surface area (Å²) in [6.07, 6.45) is 10.3. The highest BCUT2D eigenvalue weighted by molar-refractivity contribution is 6.32. The second-order valence-electron chi connectivity index (χ2n) is 7.90. The van der Waals surface area contributed by atoms with Gasteiger partial charge in [0, 0.05) is 24.2 Å². The van der Waals surface area contributed by atoms with E-state index in [1.165, 1.54) is 25.7 Å². The minimum absolute atomic E-state index is 0.0897. The number of carbonyl (C=O) groups is 1. The first kappa shape index (κ1) is 17.2. The number of piperidine rings is 1. The van der Waals surface area contributed by atoms with E-state index in [2.05, 4.69) is 10.6 Å². The van der Waals surface area contributed by atoms with Gasteiger partial charge in [-0.05, 0) is 75.5 Å². The summed E-state index contributed by atoms with van der Waals surface area (Å²) in [5.74, 6) is 1.31. The van der Waals surface area contributed by atoms with Crippen molar-refractivity contribution >= 4 is 23.2 Å². The van der Waals surface area contributed by atoms with E-state index in [4.69, 9.17) is 16.3 Å². The molecule has 1 aromatic carbocycles. The van der Waals surface area contributed by atoms with Gasteiger partial charge in [0.1, 0.15) is 5.75 Å². The zero-order valence-electron chi connectivity index (χ0n) is 14.6. The van der Waals surface area contributed by atoms with Crippen LogP contribution in [0.1, 0.15) is 57.8 Å². The first-order chi connectivity index (χ1) is 12.2. The Labute approximate surface area is 154 Å². The third-order valence-electron chi connectivity index (χ3n) is 5.86. The van der Waals surface area contributed by atoms with Gasteiger partial charge >= 0.3 is 0 Å². The van der Waals surface area contributed by atoms with Gasteiger partial charge < -0.3 is 15.4 Å². The van der Waals surface area contributed by atoms with Crippen LogP contribution < -0.4 is 15.4 Å². The highest BCUT2D eigenvalue weighted by atomic mass is 35.5. The molecule has 2 aliphatic heterocycles. The van der Waals surface area contributed by atoms with E-state index >= 15 is 0 Å². The van der Waals surface area contributed by atoms with Crippen molar-refractivity contribution in [2.45, 2.75) is 76.0 Å². The molecule has 2 heterocycles. The number of benzene rings is 1. The minimum Gasteiger partial charge on any atom is -0.489 e. The quantitative estimate of drug-likeness (QED) is 0.809. The Kier molecular flexibility index (Phi) is 5.18. The predicted octanol–water partition coefficient (Wildman–Crippen LogP) is 4.52. The Morgan fingerprint density at radius 1 is 1.16 bits per heavy atom. The largest absolute Gasteiger partial charge is 0.489 e. The maximum atomic E-state index is 12.4. The second-order valence-corrected chi connectivity index (χ2v) is 8.30. The van der Waals surface area contributed by atoms with E-state index in [-0.39, 0.29) is 12.0 Å². The Balaban J connectivity index is 1.31. The van der Waals surface area contributed by atoms with Crippen LogP contribution in [0.5, 0.6) is 5.75 Å². The molecule has 3 aliphatic rings. The highest BCUT2D eigenvalue weighted by Gasteiger charge is 2.34. The van der Waals surface area contributed by atoms with Crippen molar-refractivity contribution in [1.82, 2.24) is 5.32 Å². The van der Waals surface area contributed by atoms with Gasteiger partial charge in [-0.1, -0.05) is 11.6 Å². The van der Waals surface area contributed by atoms with Crippen LogP contribution in [-0.2, 0) is 4.79 Å². The summed E-state index contributed by atoms with van der Waals surface area (Å²) in [6.45, 7) is 0. The molecule has 2 bridgehead atoms. The van der Waals surface area contributed by atoms with E-state index in [0.717, 1.165) is 37.1 Å². The number of hydrogen-bond donors (Lipinski definition) is 2. The van der Waals surface area contributed by atoms with Gasteiger partial charge in [0.25, 0.3) is 0 Å². The molecule has 2 N–H and O–H groups in total. The number of amides is 1. The van der Waals surface area contributed by atoms with Crippen molar-refractivity contribution in [2.24, 2.45) is 5.92 Å². The van der Waals surface area contributed by atoms with E-state index in [0.29, 0.717) is 29.4 Å². The fourth-order valence-electron chi connectivity index (χ4n) is 4.68. The second kappa shape index (κ2) is 7.55. The minimum atomic E-state index is 0.0897. The van der Waals surface area contributed by atoms with Crippen molar-refractivity contribution < 1.29 is 9.53 Å². The van der Waals surface area contributed by atoms with Gasteiger partial charge in [0.05, 0.1) is 11.1 Å². The van der Waals surface area contributed by atoms with Crippen molar-refractivity contribution in [3.63, 3.8) is 0 Å². The Hall–Kier alpha value is -1.26. The maximum absolute atomic E-state index is 12.4. The Bertz CT molecular complexity index is 618. The number of halogens is 1. The zero-order chi connectivity index (χ0) is 17.2. The topological polar surface area (TPSA) is 50.4 Å². The fourth-order valence-corrected chi connectivity index (χ4v) is 4.90. The predicted molar refractivity (Wildman–Crippen MR) is 100 cm³/mol. The van der Waals surface area contributed by atoms with E-state index in [1.807, 2.05) is 12.1 Å². The molecular weight excluding hydrogens is 336 g/mol. The van der Waals surface area contributed by atoms with Crippen molar-refractivity contribution in [2.75, 3.05) is 5.32 Å². The monoisotopic (exact) mass is 362 g/mol. The van der Waals surface area contributed by atoms with Crippen LogP contribution in [-0.4, -0.2) is 24.1 Å². The molecule has 4 rings (SSSR count). The van der Waals surface area contributed by atoms with Gasteiger partial charge in [-0.2, -0.15) is 0 Å². The lowest BCUT2D eigenvalue weighted by molar-refractivity contribution is -0.117. The summed E-state index contributed by atoms with van der Waals surface area (Å²) in [5, 5.41) is 7.20. The summed E-state index contributed by atoms with van der Waals surface area (Å²) >= 11 is 6.35. The van der Waals surface area contributed by atoms with Gasteiger partial charge in [-0.25, -0.2) is 0 Å². The SMILES string of the molecule is O=C(CC1CC2CCC(C1)N2)Nc1ccc(OC2CCCC2)c(Cl)c1.